The van der Waals surface area contributed by atoms with Gasteiger partial charge in [0.25, 0.3) is 0 Å². The molecule has 4 N–H and O–H groups in total. The Hall–Kier alpha value is -6.04. The quantitative estimate of drug-likeness (QED) is 0.116. The SMILES string of the molecule is COC(=O)[C@H](Cc1cccc(-c2cccc(C[C@H](NC(=O)OCc3ccccc3)C(=O)OC)c2O)c1O)NC(=O)OCc1ccccc1. The first-order valence-corrected chi connectivity index (χ1v) is 14.9. The molecule has 4 aromatic rings. The molecular weight excluding hydrogens is 620 g/mol. The van der Waals surface area contributed by atoms with E-state index in [1.165, 1.54) is 14.2 Å². The second kappa shape index (κ2) is 17.0. The molecule has 4 rings (SSSR count). The molecule has 0 fully saturated rings. The van der Waals surface area contributed by atoms with Crippen LogP contribution in [0.1, 0.15) is 22.3 Å². The van der Waals surface area contributed by atoms with E-state index in [-0.39, 0.29) is 59.8 Å². The molecule has 0 saturated heterocycles. The summed E-state index contributed by atoms with van der Waals surface area (Å²) in [6.07, 6.45) is -2.03. The van der Waals surface area contributed by atoms with Crippen LogP contribution in [0.3, 0.4) is 0 Å². The molecule has 2 atom stereocenters. The zero-order valence-electron chi connectivity index (χ0n) is 26.4. The normalized spacial score (nSPS) is 11.8. The average Bonchev–Trinajstić information content (AvgIpc) is 3.11. The number of benzene rings is 4. The number of methoxy groups -OCH3 is 2. The monoisotopic (exact) mass is 656 g/mol. The van der Waals surface area contributed by atoms with Crippen molar-refractivity contribution in [2.75, 3.05) is 14.2 Å². The minimum absolute atomic E-state index is 0.0157. The summed E-state index contributed by atoms with van der Waals surface area (Å²) in [6, 6.07) is 25.1. The molecule has 250 valence electrons. The fourth-order valence-electron chi connectivity index (χ4n) is 4.87. The molecule has 0 aliphatic rings. The van der Waals surface area contributed by atoms with Crippen LogP contribution in [-0.2, 0) is 54.6 Å². The molecular formula is C36H36N2O10. The molecule has 2 amide bonds. The van der Waals surface area contributed by atoms with Crippen LogP contribution in [0.4, 0.5) is 9.59 Å². The zero-order valence-corrected chi connectivity index (χ0v) is 26.4. The van der Waals surface area contributed by atoms with Crippen molar-refractivity contribution in [1.82, 2.24) is 10.6 Å². The standard InChI is InChI=1S/C36H36N2O10/c1-45-33(41)29(37-35(43)47-21-23-11-5-3-6-12-23)19-25-15-9-17-27(31(25)39)28-18-10-16-26(32(28)40)20-30(34(42)46-2)38-36(44)48-22-24-13-7-4-8-14-24/h3-18,29-30,39-40H,19-22H2,1-2H3,(H,37,43)(H,38,44)/t29-,30-/m0/s1. The Morgan fingerprint density at radius 3 is 1.29 bits per heavy atom. The van der Waals surface area contributed by atoms with Crippen LogP contribution in [0.15, 0.2) is 97.1 Å². The minimum Gasteiger partial charge on any atom is -0.507 e. The number of nitrogens with one attached hydrogen (secondary N) is 2. The predicted molar refractivity (Wildman–Crippen MR) is 174 cm³/mol. The number of hydrogen-bond donors (Lipinski definition) is 4. The Bertz CT molecular complexity index is 1590. The van der Waals surface area contributed by atoms with E-state index < -0.39 is 36.2 Å². The molecule has 12 nitrogen and oxygen atoms in total. The summed E-state index contributed by atoms with van der Waals surface area (Å²) in [5.74, 6) is -2.04. The van der Waals surface area contributed by atoms with Crippen molar-refractivity contribution in [1.29, 1.82) is 0 Å². The number of para-hydroxylation sites is 2. The fraction of sp³-hybridized carbons (Fsp3) is 0.222. The first-order valence-electron chi connectivity index (χ1n) is 14.9. The van der Waals surface area contributed by atoms with Gasteiger partial charge < -0.3 is 39.8 Å². The van der Waals surface area contributed by atoms with Gasteiger partial charge in [-0.2, -0.15) is 0 Å². The van der Waals surface area contributed by atoms with Crippen molar-refractivity contribution in [3.63, 3.8) is 0 Å². The van der Waals surface area contributed by atoms with E-state index in [0.717, 1.165) is 11.1 Å². The van der Waals surface area contributed by atoms with Gasteiger partial charge >= 0.3 is 24.1 Å². The Kier molecular flexibility index (Phi) is 12.4. The molecule has 0 aliphatic heterocycles. The third-order valence-electron chi connectivity index (χ3n) is 7.36. The van der Waals surface area contributed by atoms with Crippen molar-refractivity contribution in [3.05, 3.63) is 119 Å². The number of carbonyl (C=O) groups is 4. The van der Waals surface area contributed by atoms with E-state index in [1.54, 1.807) is 84.9 Å². The maximum absolute atomic E-state index is 12.6. The first-order chi connectivity index (χ1) is 23.2. The van der Waals surface area contributed by atoms with Gasteiger partial charge in [0.1, 0.15) is 36.8 Å². The van der Waals surface area contributed by atoms with E-state index in [1.807, 2.05) is 12.1 Å². The number of rotatable bonds is 13. The summed E-state index contributed by atoms with van der Waals surface area (Å²) in [6.45, 7) is -0.0315. The van der Waals surface area contributed by atoms with Crippen molar-refractivity contribution >= 4 is 24.1 Å². The number of alkyl carbamates (subject to hydrolysis) is 2. The lowest BCUT2D eigenvalue weighted by Crippen LogP contribution is -2.43. The molecule has 0 aliphatic carbocycles. The van der Waals surface area contributed by atoms with E-state index >= 15 is 0 Å². The summed E-state index contributed by atoms with van der Waals surface area (Å²) in [4.78, 5) is 50.2. The maximum atomic E-state index is 12.6. The first kappa shape index (κ1) is 34.8. The second-order valence-electron chi connectivity index (χ2n) is 10.6. The maximum Gasteiger partial charge on any atom is 0.408 e. The molecule has 0 heterocycles. The van der Waals surface area contributed by atoms with Crippen LogP contribution in [-0.4, -0.2) is 60.6 Å². The smallest absolute Gasteiger partial charge is 0.408 e. The second-order valence-corrected chi connectivity index (χ2v) is 10.6. The van der Waals surface area contributed by atoms with Gasteiger partial charge in [-0.15, -0.1) is 0 Å². The topological polar surface area (TPSA) is 170 Å². The van der Waals surface area contributed by atoms with Gasteiger partial charge in [0.05, 0.1) is 14.2 Å². The number of aromatic hydroxyl groups is 2. The molecule has 48 heavy (non-hydrogen) atoms. The summed E-state index contributed by atoms with van der Waals surface area (Å²) < 4.78 is 20.2. The van der Waals surface area contributed by atoms with Gasteiger partial charge in [-0.05, 0) is 22.3 Å². The van der Waals surface area contributed by atoms with Crippen LogP contribution in [0.25, 0.3) is 11.1 Å². The van der Waals surface area contributed by atoms with Gasteiger partial charge in [-0.25, -0.2) is 19.2 Å². The van der Waals surface area contributed by atoms with E-state index in [9.17, 15) is 29.4 Å². The third kappa shape index (κ3) is 9.49. The largest absolute Gasteiger partial charge is 0.507 e. The lowest BCUT2D eigenvalue weighted by atomic mass is 9.94. The molecule has 0 aromatic heterocycles. The third-order valence-corrected chi connectivity index (χ3v) is 7.36. The molecule has 0 saturated carbocycles. The lowest BCUT2D eigenvalue weighted by molar-refractivity contribution is -0.143. The summed E-state index contributed by atoms with van der Waals surface area (Å²) in [7, 11) is 2.34. The highest BCUT2D eigenvalue weighted by molar-refractivity contribution is 5.84. The highest BCUT2D eigenvalue weighted by atomic mass is 16.6. The average molecular weight is 657 g/mol. The molecule has 12 heteroatoms. The molecule has 0 radical (unpaired) electrons. The van der Waals surface area contributed by atoms with E-state index in [0.29, 0.717) is 0 Å². The minimum atomic E-state index is -1.20. The lowest BCUT2D eigenvalue weighted by Gasteiger charge is -2.20. The number of phenols is 2. The molecule has 0 spiro atoms. The summed E-state index contributed by atoms with van der Waals surface area (Å²) in [5.41, 5.74) is 2.48. The number of amides is 2. The number of ether oxygens (including phenoxy) is 4. The van der Waals surface area contributed by atoms with Gasteiger partial charge in [0, 0.05) is 24.0 Å². The van der Waals surface area contributed by atoms with Gasteiger partial charge in [0.2, 0.25) is 0 Å². The predicted octanol–water partition coefficient (Wildman–Crippen LogP) is 4.79. The van der Waals surface area contributed by atoms with E-state index in [4.69, 9.17) is 18.9 Å². The Morgan fingerprint density at radius 1 is 0.562 bits per heavy atom. The zero-order chi connectivity index (χ0) is 34.5. The van der Waals surface area contributed by atoms with Gasteiger partial charge in [0.15, 0.2) is 0 Å². The summed E-state index contributed by atoms with van der Waals surface area (Å²) in [5, 5.41) is 27.5. The van der Waals surface area contributed by atoms with Gasteiger partial charge in [-0.3, -0.25) is 0 Å². The van der Waals surface area contributed by atoms with Crippen molar-refractivity contribution in [2.24, 2.45) is 0 Å². The van der Waals surface area contributed by atoms with Crippen LogP contribution >= 0.6 is 0 Å². The Balaban J connectivity index is 1.49. The van der Waals surface area contributed by atoms with Crippen LogP contribution in [0.2, 0.25) is 0 Å². The number of phenolic OH excluding ortho intramolecular Hbond substituents is 2. The number of hydrogen-bond acceptors (Lipinski definition) is 10. The van der Waals surface area contributed by atoms with Crippen molar-refractivity contribution < 1.29 is 48.3 Å². The van der Waals surface area contributed by atoms with Gasteiger partial charge in [-0.1, -0.05) is 97.1 Å². The summed E-state index contributed by atoms with van der Waals surface area (Å²) >= 11 is 0. The molecule has 4 aromatic carbocycles. The molecule has 0 bridgehead atoms. The van der Waals surface area contributed by atoms with Crippen LogP contribution in [0.5, 0.6) is 11.5 Å². The van der Waals surface area contributed by atoms with Crippen LogP contribution < -0.4 is 10.6 Å². The highest BCUT2D eigenvalue weighted by Crippen LogP contribution is 2.39. The highest BCUT2D eigenvalue weighted by Gasteiger charge is 2.27. The fourth-order valence-corrected chi connectivity index (χ4v) is 4.87. The van der Waals surface area contributed by atoms with E-state index in [2.05, 4.69) is 10.6 Å². The Labute approximate surface area is 277 Å². The number of carbonyl (C=O) groups excluding carboxylic acids is 4. The van der Waals surface area contributed by atoms with Crippen molar-refractivity contribution in [3.8, 4) is 22.6 Å². The van der Waals surface area contributed by atoms with Crippen molar-refractivity contribution in [2.45, 2.75) is 38.1 Å². The molecule has 0 unspecified atom stereocenters. The number of esters is 2. The van der Waals surface area contributed by atoms with Crippen LogP contribution in [0, 0.1) is 0 Å². The Morgan fingerprint density at radius 2 is 0.938 bits per heavy atom.